The standard InChI is InChI=1S/C19H30N4O2/c1-19(2,25)17-13-23(22-21-17)16-11-7-6-10-15(16)20-18(24)12-14-8-4-3-5-9-14/h8,13,15-16,25H,3-7,9-12H2,1-2H3,(H,20,24)/t15-,16+/m0/s1. The highest BCUT2D eigenvalue weighted by molar-refractivity contribution is 5.78. The van der Waals surface area contributed by atoms with Crippen molar-refractivity contribution in [3.63, 3.8) is 0 Å². The average Bonchev–Trinajstić information content (AvgIpc) is 3.06. The number of allylic oxidation sites excluding steroid dienone is 1. The number of nitrogens with one attached hydrogen (secondary N) is 1. The zero-order chi connectivity index (χ0) is 17.9. The second-order valence-corrected chi connectivity index (χ2v) is 7.95. The number of aromatic nitrogens is 3. The van der Waals surface area contributed by atoms with Gasteiger partial charge in [0.2, 0.25) is 5.91 Å². The maximum Gasteiger partial charge on any atom is 0.224 e. The molecule has 1 heterocycles. The van der Waals surface area contributed by atoms with Crippen LogP contribution in [0.4, 0.5) is 0 Å². The SMILES string of the molecule is CC(C)(O)c1cn([C@@H]2CCCC[C@@H]2NC(=O)CC2=CCCCC2)nn1. The fourth-order valence-corrected chi connectivity index (χ4v) is 3.84. The molecule has 1 saturated carbocycles. The van der Waals surface area contributed by atoms with E-state index in [2.05, 4.69) is 21.7 Å². The van der Waals surface area contributed by atoms with E-state index in [0.717, 1.165) is 38.5 Å². The van der Waals surface area contributed by atoms with Crippen LogP contribution >= 0.6 is 0 Å². The molecule has 3 rings (SSSR count). The van der Waals surface area contributed by atoms with E-state index in [-0.39, 0.29) is 18.0 Å². The second kappa shape index (κ2) is 7.68. The lowest BCUT2D eigenvalue weighted by Gasteiger charge is -2.32. The molecule has 2 atom stereocenters. The molecule has 1 aromatic rings. The number of hydrogen-bond donors (Lipinski definition) is 2. The van der Waals surface area contributed by atoms with Crippen molar-refractivity contribution in [2.75, 3.05) is 0 Å². The summed E-state index contributed by atoms with van der Waals surface area (Å²) in [5.74, 6) is 0.118. The normalized spacial score (nSPS) is 24.7. The lowest BCUT2D eigenvalue weighted by Crippen LogP contribution is -2.43. The van der Waals surface area contributed by atoms with Crippen LogP contribution in [0.25, 0.3) is 0 Å². The van der Waals surface area contributed by atoms with Crippen LogP contribution < -0.4 is 5.32 Å². The first kappa shape index (κ1) is 18.1. The molecule has 0 radical (unpaired) electrons. The number of carbonyl (C=O) groups is 1. The molecular weight excluding hydrogens is 316 g/mol. The zero-order valence-corrected chi connectivity index (χ0v) is 15.4. The molecule has 2 aliphatic rings. The summed E-state index contributed by atoms with van der Waals surface area (Å²) in [5, 5.41) is 21.7. The molecule has 1 fully saturated rings. The van der Waals surface area contributed by atoms with Crippen molar-refractivity contribution in [2.45, 2.75) is 89.3 Å². The molecule has 0 bridgehead atoms. The molecule has 6 heteroatoms. The van der Waals surface area contributed by atoms with E-state index in [9.17, 15) is 9.90 Å². The first-order chi connectivity index (χ1) is 11.9. The lowest BCUT2D eigenvalue weighted by molar-refractivity contribution is -0.121. The molecule has 0 aliphatic heterocycles. The van der Waals surface area contributed by atoms with Crippen LogP contribution in [0.15, 0.2) is 17.8 Å². The topological polar surface area (TPSA) is 80.0 Å². The van der Waals surface area contributed by atoms with Gasteiger partial charge in [-0.05, 0) is 52.4 Å². The first-order valence-corrected chi connectivity index (χ1v) is 9.55. The first-order valence-electron chi connectivity index (χ1n) is 9.55. The van der Waals surface area contributed by atoms with E-state index >= 15 is 0 Å². The monoisotopic (exact) mass is 346 g/mol. The van der Waals surface area contributed by atoms with Crippen molar-refractivity contribution < 1.29 is 9.90 Å². The third-order valence-corrected chi connectivity index (χ3v) is 5.33. The summed E-state index contributed by atoms with van der Waals surface area (Å²) in [6.45, 7) is 3.42. The highest BCUT2D eigenvalue weighted by Gasteiger charge is 2.30. The van der Waals surface area contributed by atoms with Crippen LogP contribution in [0.5, 0.6) is 0 Å². The largest absolute Gasteiger partial charge is 0.384 e. The molecule has 2 aliphatic carbocycles. The average molecular weight is 346 g/mol. The number of hydrogen-bond acceptors (Lipinski definition) is 4. The molecule has 0 unspecified atom stereocenters. The smallest absolute Gasteiger partial charge is 0.224 e. The second-order valence-electron chi connectivity index (χ2n) is 7.95. The highest BCUT2D eigenvalue weighted by Crippen LogP contribution is 2.30. The summed E-state index contributed by atoms with van der Waals surface area (Å²) < 4.78 is 1.83. The van der Waals surface area contributed by atoms with Crippen molar-refractivity contribution in [1.82, 2.24) is 20.3 Å². The van der Waals surface area contributed by atoms with Crippen LogP contribution in [0, 0.1) is 0 Å². The van der Waals surface area contributed by atoms with Gasteiger partial charge in [-0.2, -0.15) is 0 Å². The Morgan fingerprint density at radius 3 is 2.80 bits per heavy atom. The van der Waals surface area contributed by atoms with Gasteiger partial charge in [0.25, 0.3) is 0 Å². The Hall–Kier alpha value is -1.69. The molecule has 138 valence electrons. The summed E-state index contributed by atoms with van der Waals surface area (Å²) in [5.41, 5.74) is 0.843. The molecule has 2 N–H and O–H groups in total. The molecule has 0 aromatic carbocycles. The van der Waals surface area contributed by atoms with E-state index in [1.165, 1.54) is 18.4 Å². The van der Waals surface area contributed by atoms with Gasteiger partial charge in [0.1, 0.15) is 11.3 Å². The Kier molecular flexibility index (Phi) is 5.57. The van der Waals surface area contributed by atoms with Crippen molar-refractivity contribution in [3.05, 3.63) is 23.5 Å². The van der Waals surface area contributed by atoms with Gasteiger partial charge in [0.05, 0.1) is 18.3 Å². The van der Waals surface area contributed by atoms with E-state index in [4.69, 9.17) is 0 Å². The van der Waals surface area contributed by atoms with Crippen molar-refractivity contribution in [2.24, 2.45) is 0 Å². The molecule has 0 saturated heterocycles. The fourth-order valence-electron chi connectivity index (χ4n) is 3.84. The summed E-state index contributed by atoms with van der Waals surface area (Å²) in [4.78, 5) is 12.5. The summed E-state index contributed by atoms with van der Waals surface area (Å²) in [6, 6.07) is 0.198. The van der Waals surface area contributed by atoms with Gasteiger partial charge in [0, 0.05) is 6.42 Å². The van der Waals surface area contributed by atoms with Crippen LogP contribution in [-0.4, -0.2) is 32.0 Å². The summed E-state index contributed by atoms with van der Waals surface area (Å²) >= 11 is 0. The number of aliphatic hydroxyl groups is 1. The minimum atomic E-state index is -1.00. The molecule has 25 heavy (non-hydrogen) atoms. The highest BCUT2D eigenvalue weighted by atomic mass is 16.3. The predicted octanol–water partition coefficient (Wildman–Crippen LogP) is 3.00. The third-order valence-electron chi connectivity index (χ3n) is 5.33. The Labute approximate surface area is 149 Å². The fraction of sp³-hybridized carbons (Fsp3) is 0.737. The van der Waals surface area contributed by atoms with Crippen LogP contribution in [0.2, 0.25) is 0 Å². The number of rotatable bonds is 5. The van der Waals surface area contributed by atoms with Gasteiger partial charge in [-0.15, -0.1) is 5.10 Å². The molecule has 6 nitrogen and oxygen atoms in total. The van der Waals surface area contributed by atoms with Crippen LogP contribution in [-0.2, 0) is 10.4 Å². The quantitative estimate of drug-likeness (QED) is 0.803. The maximum absolute atomic E-state index is 12.5. The minimum absolute atomic E-state index is 0.0850. The lowest BCUT2D eigenvalue weighted by atomic mass is 9.89. The maximum atomic E-state index is 12.5. The van der Waals surface area contributed by atoms with Gasteiger partial charge in [-0.1, -0.05) is 29.7 Å². The Morgan fingerprint density at radius 1 is 1.32 bits per heavy atom. The minimum Gasteiger partial charge on any atom is -0.384 e. The number of carbonyl (C=O) groups excluding carboxylic acids is 1. The van der Waals surface area contributed by atoms with Gasteiger partial charge in [-0.3, -0.25) is 4.79 Å². The Morgan fingerprint density at radius 2 is 2.12 bits per heavy atom. The molecule has 1 aromatic heterocycles. The van der Waals surface area contributed by atoms with E-state index in [1.54, 1.807) is 13.8 Å². The Balaban J connectivity index is 1.65. The van der Waals surface area contributed by atoms with Crippen molar-refractivity contribution in [1.29, 1.82) is 0 Å². The van der Waals surface area contributed by atoms with Crippen molar-refractivity contribution in [3.8, 4) is 0 Å². The van der Waals surface area contributed by atoms with Crippen LogP contribution in [0.3, 0.4) is 0 Å². The Bertz CT molecular complexity index is 630. The molecule has 1 amide bonds. The zero-order valence-electron chi connectivity index (χ0n) is 15.4. The third kappa shape index (κ3) is 4.69. The summed E-state index contributed by atoms with van der Waals surface area (Å²) in [6.07, 6.45) is 13.4. The van der Waals surface area contributed by atoms with Crippen LogP contribution in [0.1, 0.15) is 83.4 Å². The van der Waals surface area contributed by atoms with Gasteiger partial charge >= 0.3 is 0 Å². The predicted molar refractivity (Wildman–Crippen MR) is 95.9 cm³/mol. The van der Waals surface area contributed by atoms with E-state index in [1.807, 2.05) is 10.9 Å². The van der Waals surface area contributed by atoms with E-state index in [0.29, 0.717) is 12.1 Å². The molecular formula is C19H30N4O2. The van der Waals surface area contributed by atoms with Gasteiger partial charge in [-0.25, -0.2) is 4.68 Å². The van der Waals surface area contributed by atoms with Gasteiger partial charge < -0.3 is 10.4 Å². The van der Waals surface area contributed by atoms with Crippen molar-refractivity contribution >= 4 is 5.91 Å². The summed E-state index contributed by atoms with van der Waals surface area (Å²) in [7, 11) is 0. The van der Waals surface area contributed by atoms with Gasteiger partial charge in [0.15, 0.2) is 0 Å². The van der Waals surface area contributed by atoms with E-state index < -0.39 is 5.60 Å². The molecule has 0 spiro atoms. The number of nitrogens with zero attached hydrogens (tertiary/aromatic N) is 3. The number of amides is 1.